The van der Waals surface area contributed by atoms with Crippen LogP contribution < -0.4 is 5.56 Å². The van der Waals surface area contributed by atoms with Crippen LogP contribution in [0.5, 0.6) is 0 Å². The van der Waals surface area contributed by atoms with E-state index in [1.165, 1.54) is 22.4 Å². The number of thioether (sulfide) groups is 1. The van der Waals surface area contributed by atoms with Gasteiger partial charge in [0.05, 0.1) is 11.1 Å². The first-order valence-corrected chi connectivity index (χ1v) is 12.3. The number of aromatic nitrogens is 2. The molecule has 0 saturated carbocycles. The molecule has 0 atom stereocenters. The fraction of sp³-hybridized carbons (Fsp3) is 0.217. The van der Waals surface area contributed by atoms with E-state index in [1.807, 2.05) is 42.5 Å². The van der Waals surface area contributed by atoms with Crippen LogP contribution in [0.25, 0.3) is 15.9 Å². The van der Waals surface area contributed by atoms with E-state index in [-0.39, 0.29) is 5.56 Å². The van der Waals surface area contributed by atoms with Crippen molar-refractivity contribution in [3.8, 4) is 5.69 Å². The number of nitrogens with zero attached hydrogens (tertiary/aromatic N) is 2. The van der Waals surface area contributed by atoms with Crippen LogP contribution in [0.15, 0.2) is 69.0 Å². The fourth-order valence-corrected chi connectivity index (χ4v) is 6.36. The minimum atomic E-state index is 0.0623. The zero-order valence-corrected chi connectivity index (χ0v) is 18.9. The summed E-state index contributed by atoms with van der Waals surface area (Å²) in [5, 5.41) is 1.59. The van der Waals surface area contributed by atoms with Gasteiger partial charge in [-0.15, -0.1) is 11.3 Å². The van der Waals surface area contributed by atoms with Gasteiger partial charge >= 0.3 is 0 Å². The molecule has 2 aromatic carbocycles. The van der Waals surface area contributed by atoms with Crippen molar-refractivity contribution in [1.29, 1.82) is 0 Å². The molecule has 6 heteroatoms. The standard InChI is InChI=1S/C23H19BrN2OS2/c24-16-10-12-17(13-11-16)26-22(27)20-18-8-4-5-9-19(18)29-21(20)25-23(26)28-14-15-6-2-1-3-7-15/h1-3,6-7,10-13H,4-5,8-9,14H2. The second kappa shape index (κ2) is 8.09. The number of thiophene rings is 1. The van der Waals surface area contributed by atoms with Crippen LogP contribution in [-0.2, 0) is 18.6 Å². The van der Waals surface area contributed by atoms with Crippen molar-refractivity contribution < 1.29 is 0 Å². The minimum Gasteiger partial charge on any atom is -0.268 e. The topological polar surface area (TPSA) is 34.9 Å². The van der Waals surface area contributed by atoms with Crippen LogP contribution in [0.1, 0.15) is 28.8 Å². The number of benzene rings is 2. The second-order valence-electron chi connectivity index (χ2n) is 7.18. The van der Waals surface area contributed by atoms with Crippen molar-refractivity contribution >= 4 is 49.2 Å². The van der Waals surface area contributed by atoms with Crippen LogP contribution in [0, 0.1) is 0 Å². The summed E-state index contributed by atoms with van der Waals surface area (Å²) >= 11 is 6.82. The third-order valence-corrected chi connectivity index (χ3v) is 7.98. The Balaban J connectivity index is 1.68. The number of hydrogen-bond donors (Lipinski definition) is 0. The van der Waals surface area contributed by atoms with Gasteiger partial charge in [0.1, 0.15) is 4.83 Å². The van der Waals surface area contributed by atoms with Gasteiger partial charge < -0.3 is 0 Å². The maximum absolute atomic E-state index is 13.7. The smallest absolute Gasteiger partial charge is 0.267 e. The highest BCUT2D eigenvalue weighted by atomic mass is 79.9. The van der Waals surface area contributed by atoms with E-state index >= 15 is 0 Å². The molecule has 2 aromatic heterocycles. The van der Waals surface area contributed by atoms with Gasteiger partial charge in [-0.3, -0.25) is 9.36 Å². The van der Waals surface area contributed by atoms with Gasteiger partial charge in [0.2, 0.25) is 0 Å². The fourth-order valence-electron chi connectivity index (χ4n) is 3.82. The number of fused-ring (bicyclic) bond motifs is 3. The lowest BCUT2D eigenvalue weighted by atomic mass is 9.97. The molecule has 0 N–H and O–H groups in total. The van der Waals surface area contributed by atoms with E-state index in [9.17, 15) is 4.79 Å². The molecule has 1 aliphatic rings. The summed E-state index contributed by atoms with van der Waals surface area (Å²) in [5.41, 5.74) is 3.38. The molecule has 0 saturated heterocycles. The van der Waals surface area contributed by atoms with Gasteiger partial charge in [-0.25, -0.2) is 4.98 Å². The normalized spacial score (nSPS) is 13.6. The summed E-state index contributed by atoms with van der Waals surface area (Å²) < 4.78 is 2.79. The Bertz CT molecular complexity index is 1230. The summed E-state index contributed by atoms with van der Waals surface area (Å²) in [5.74, 6) is 0.778. The van der Waals surface area contributed by atoms with Crippen molar-refractivity contribution in [3.63, 3.8) is 0 Å². The Kier molecular flexibility index (Phi) is 5.33. The molecular formula is C23H19BrN2OS2. The molecule has 0 unspecified atom stereocenters. The monoisotopic (exact) mass is 482 g/mol. The number of hydrogen-bond acceptors (Lipinski definition) is 4. The van der Waals surface area contributed by atoms with Crippen LogP contribution in [-0.4, -0.2) is 9.55 Å². The Morgan fingerprint density at radius 3 is 2.59 bits per heavy atom. The van der Waals surface area contributed by atoms with Gasteiger partial charge in [0.25, 0.3) is 5.56 Å². The molecule has 4 aromatic rings. The Morgan fingerprint density at radius 2 is 1.79 bits per heavy atom. The van der Waals surface area contributed by atoms with Crippen molar-refractivity contribution in [2.24, 2.45) is 0 Å². The highest BCUT2D eigenvalue weighted by molar-refractivity contribution is 9.10. The molecule has 3 nitrogen and oxygen atoms in total. The summed E-state index contributed by atoms with van der Waals surface area (Å²) in [6.07, 6.45) is 4.42. The molecule has 0 spiro atoms. The number of aryl methyl sites for hydroxylation is 2. The molecule has 0 fully saturated rings. The molecule has 146 valence electrons. The first kappa shape index (κ1) is 19.1. The summed E-state index contributed by atoms with van der Waals surface area (Å²) in [6.45, 7) is 0. The van der Waals surface area contributed by atoms with Gasteiger partial charge in [0.15, 0.2) is 5.16 Å². The van der Waals surface area contributed by atoms with E-state index in [0.717, 1.165) is 50.5 Å². The van der Waals surface area contributed by atoms with Crippen molar-refractivity contribution in [1.82, 2.24) is 9.55 Å². The molecule has 1 aliphatic carbocycles. The molecule has 0 bridgehead atoms. The maximum Gasteiger partial charge on any atom is 0.267 e. The molecule has 0 amide bonds. The highest BCUT2D eigenvalue weighted by Crippen LogP contribution is 2.35. The third kappa shape index (κ3) is 3.69. The average Bonchev–Trinajstić information content (AvgIpc) is 3.13. The largest absolute Gasteiger partial charge is 0.268 e. The molecule has 5 rings (SSSR count). The lowest BCUT2D eigenvalue weighted by Gasteiger charge is -2.14. The SMILES string of the molecule is O=c1c2c3c(sc2nc(SCc2ccccc2)n1-c1ccc(Br)cc1)CCCC3. The van der Waals surface area contributed by atoms with Gasteiger partial charge in [0, 0.05) is 15.1 Å². The Labute approximate surface area is 185 Å². The second-order valence-corrected chi connectivity index (χ2v) is 10.1. The van der Waals surface area contributed by atoms with Crippen LogP contribution in [0.3, 0.4) is 0 Å². The molecular weight excluding hydrogens is 464 g/mol. The van der Waals surface area contributed by atoms with Gasteiger partial charge in [-0.05, 0) is 61.1 Å². The lowest BCUT2D eigenvalue weighted by Crippen LogP contribution is -2.22. The highest BCUT2D eigenvalue weighted by Gasteiger charge is 2.22. The third-order valence-electron chi connectivity index (χ3n) is 5.25. The van der Waals surface area contributed by atoms with Gasteiger partial charge in [-0.2, -0.15) is 0 Å². The van der Waals surface area contributed by atoms with E-state index in [0.29, 0.717) is 0 Å². The summed E-state index contributed by atoms with van der Waals surface area (Å²) in [4.78, 5) is 20.9. The van der Waals surface area contributed by atoms with Crippen LogP contribution in [0.4, 0.5) is 0 Å². The first-order chi connectivity index (χ1) is 14.2. The Hall–Kier alpha value is -1.89. The average molecular weight is 483 g/mol. The van der Waals surface area contributed by atoms with Crippen LogP contribution in [0.2, 0.25) is 0 Å². The summed E-state index contributed by atoms with van der Waals surface area (Å²) in [6, 6.07) is 18.2. The van der Waals surface area contributed by atoms with E-state index in [4.69, 9.17) is 4.98 Å². The van der Waals surface area contributed by atoms with Crippen LogP contribution >= 0.6 is 39.0 Å². The molecule has 0 radical (unpaired) electrons. The van der Waals surface area contributed by atoms with E-state index in [2.05, 4.69) is 28.1 Å². The van der Waals surface area contributed by atoms with Crippen molar-refractivity contribution in [3.05, 3.63) is 85.4 Å². The van der Waals surface area contributed by atoms with Crippen molar-refractivity contribution in [2.45, 2.75) is 36.6 Å². The Morgan fingerprint density at radius 1 is 1.03 bits per heavy atom. The van der Waals surface area contributed by atoms with E-state index in [1.54, 1.807) is 27.7 Å². The zero-order chi connectivity index (χ0) is 19.8. The predicted molar refractivity (Wildman–Crippen MR) is 126 cm³/mol. The lowest BCUT2D eigenvalue weighted by molar-refractivity contribution is 0.699. The number of rotatable bonds is 4. The minimum absolute atomic E-state index is 0.0623. The number of halogens is 1. The summed E-state index contributed by atoms with van der Waals surface area (Å²) in [7, 11) is 0. The maximum atomic E-state index is 13.7. The quantitative estimate of drug-likeness (QED) is 0.250. The molecule has 0 aliphatic heterocycles. The molecule has 29 heavy (non-hydrogen) atoms. The van der Waals surface area contributed by atoms with Crippen molar-refractivity contribution in [2.75, 3.05) is 0 Å². The first-order valence-electron chi connectivity index (χ1n) is 9.70. The van der Waals surface area contributed by atoms with Gasteiger partial charge in [-0.1, -0.05) is 58.0 Å². The zero-order valence-electron chi connectivity index (χ0n) is 15.7. The molecule has 2 heterocycles. The predicted octanol–water partition coefficient (Wildman–Crippen LogP) is 6.38. The van der Waals surface area contributed by atoms with E-state index < -0.39 is 0 Å².